The first-order valence-corrected chi connectivity index (χ1v) is 4.97. The molecule has 2 aromatic rings. The summed E-state index contributed by atoms with van der Waals surface area (Å²) in [6, 6.07) is 1.75. The fraction of sp³-hybridized carbons (Fsp3) is 0.222. The van der Waals surface area contributed by atoms with Crippen molar-refractivity contribution in [2.75, 3.05) is 12.4 Å². The van der Waals surface area contributed by atoms with Gasteiger partial charge in [-0.2, -0.15) is 4.98 Å². The van der Waals surface area contributed by atoms with Crippen LogP contribution in [0.25, 0.3) is 0 Å². The van der Waals surface area contributed by atoms with Crippen molar-refractivity contribution >= 4 is 17.5 Å². The van der Waals surface area contributed by atoms with Crippen LogP contribution in [-0.2, 0) is 0 Å². The molecule has 0 bridgehead atoms. The standard InChI is InChI=1S/C9H10ClN5O/c1-5-3-7(15-14-5)16-8-6(10)4-12-9(11-2)13-8/h3-4H,1-2H3,(H,14,15)(H,11,12,13). The molecule has 2 aromatic heterocycles. The van der Waals surface area contributed by atoms with Crippen LogP contribution in [-0.4, -0.2) is 27.2 Å². The number of H-pyrrole nitrogens is 1. The van der Waals surface area contributed by atoms with E-state index in [4.69, 9.17) is 16.3 Å². The van der Waals surface area contributed by atoms with Gasteiger partial charge in [0.2, 0.25) is 17.7 Å². The van der Waals surface area contributed by atoms with Gasteiger partial charge in [-0.1, -0.05) is 11.6 Å². The van der Waals surface area contributed by atoms with Crippen LogP contribution >= 0.6 is 11.6 Å². The molecule has 0 unspecified atom stereocenters. The number of nitrogens with zero attached hydrogens (tertiary/aromatic N) is 3. The molecule has 0 amide bonds. The Kier molecular flexibility index (Phi) is 2.91. The van der Waals surface area contributed by atoms with Crippen LogP contribution in [0.4, 0.5) is 5.95 Å². The third kappa shape index (κ3) is 2.22. The molecule has 0 aromatic carbocycles. The fourth-order valence-electron chi connectivity index (χ4n) is 1.09. The second-order valence-electron chi connectivity index (χ2n) is 3.09. The molecule has 6 nitrogen and oxygen atoms in total. The largest absolute Gasteiger partial charge is 0.417 e. The summed E-state index contributed by atoms with van der Waals surface area (Å²) in [4.78, 5) is 8.01. The first-order chi connectivity index (χ1) is 7.69. The molecular formula is C9H10ClN5O. The van der Waals surface area contributed by atoms with Gasteiger partial charge in [0.15, 0.2) is 0 Å². The zero-order valence-electron chi connectivity index (χ0n) is 8.78. The molecule has 0 radical (unpaired) electrons. The number of aromatic amines is 1. The summed E-state index contributed by atoms with van der Waals surface area (Å²) in [6.07, 6.45) is 1.47. The molecule has 84 valence electrons. The summed E-state index contributed by atoms with van der Waals surface area (Å²) in [5.41, 5.74) is 0.897. The maximum atomic E-state index is 5.89. The normalized spacial score (nSPS) is 10.2. The van der Waals surface area contributed by atoms with E-state index in [1.54, 1.807) is 13.1 Å². The quantitative estimate of drug-likeness (QED) is 0.857. The SMILES string of the molecule is CNc1ncc(Cl)c(Oc2cc(C)[nH]n2)n1. The van der Waals surface area contributed by atoms with Crippen LogP contribution in [0.2, 0.25) is 5.02 Å². The number of hydrogen-bond acceptors (Lipinski definition) is 5. The Labute approximate surface area is 97.0 Å². The number of aromatic nitrogens is 4. The molecule has 0 atom stereocenters. The number of rotatable bonds is 3. The van der Waals surface area contributed by atoms with E-state index >= 15 is 0 Å². The summed E-state index contributed by atoms with van der Waals surface area (Å²) in [6.45, 7) is 1.88. The number of anilines is 1. The van der Waals surface area contributed by atoms with Crippen LogP contribution in [0.3, 0.4) is 0 Å². The second kappa shape index (κ2) is 4.36. The van der Waals surface area contributed by atoms with Gasteiger partial charge in [-0.05, 0) is 6.92 Å². The van der Waals surface area contributed by atoms with E-state index in [1.807, 2.05) is 6.92 Å². The summed E-state index contributed by atoms with van der Waals surface area (Å²) in [7, 11) is 1.71. The number of nitrogens with one attached hydrogen (secondary N) is 2. The lowest BCUT2D eigenvalue weighted by atomic mass is 10.5. The third-order valence-electron chi connectivity index (χ3n) is 1.82. The van der Waals surface area contributed by atoms with E-state index in [9.17, 15) is 0 Å². The van der Waals surface area contributed by atoms with Gasteiger partial charge in [0.05, 0.1) is 6.20 Å². The smallest absolute Gasteiger partial charge is 0.245 e. The summed E-state index contributed by atoms with van der Waals surface area (Å²) < 4.78 is 5.41. The molecule has 7 heteroatoms. The van der Waals surface area contributed by atoms with Gasteiger partial charge in [0.1, 0.15) is 5.02 Å². The first kappa shape index (κ1) is 10.7. The Balaban J connectivity index is 2.26. The summed E-state index contributed by atoms with van der Waals surface area (Å²) in [5.74, 6) is 1.12. The van der Waals surface area contributed by atoms with Crippen LogP contribution in [0, 0.1) is 6.92 Å². The number of hydrogen-bond donors (Lipinski definition) is 2. The van der Waals surface area contributed by atoms with Gasteiger partial charge in [-0.25, -0.2) is 4.98 Å². The van der Waals surface area contributed by atoms with Crippen molar-refractivity contribution < 1.29 is 4.74 Å². The van der Waals surface area contributed by atoms with E-state index in [2.05, 4.69) is 25.5 Å². The predicted molar refractivity (Wildman–Crippen MR) is 60.0 cm³/mol. The predicted octanol–water partition coefficient (Wildman–Crippen LogP) is 2.00. The zero-order chi connectivity index (χ0) is 11.5. The topological polar surface area (TPSA) is 75.7 Å². The molecular weight excluding hydrogens is 230 g/mol. The van der Waals surface area contributed by atoms with Crippen molar-refractivity contribution in [3.8, 4) is 11.8 Å². The molecule has 2 heterocycles. The molecule has 0 aliphatic rings. The Morgan fingerprint density at radius 2 is 2.31 bits per heavy atom. The lowest BCUT2D eigenvalue weighted by Gasteiger charge is -2.04. The second-order valence-corrected chi connectivity index (χ2v) is 3.50. The minimum absolute atomic E-state index is 0.271. The Hall–Kier alpha value is -1.82. The van der Waals surface area contributed by atoms with Gasteiger partial charge in [-0.3, -0.25) is 5.10 Å². The van der Waals surface area contributed by atoms with E-state index in [0.29, 0.717) is 16.9 Å². The molecule has 0 spiro atoms. The van der Waals surface area contributed by atoms with E-state index in [-0.39, 0.29) is 5.88 Å². The number of aryl methyl sites for hydroxylation is 1. The van der Waals surface area contributed by atoms with Crippen molar-refractivity contribution in [3.05, 3.63) is 23.0 Å². The molecule has 0 aliphatic carbocycles. The Morgan fingerprint density at radius 3 is 2.94 bits per heavy atom. The monoisotopic (exact) mass is 239 g/mol. The van der Waals surface area contributed by atoms with Crippen molar-refractivity contribution in [2.24, 2.45) is 0 Å². The highest BCUT2D eigenvalue weighted by Gasteiger charge is 2.08. The van der Waals surface area contributed by atoms with Crippen molar-refractivity contribution in [2.45, 2.75) is 6.92 Å². The Morgan fingerprint density at radius 1 is 1.50 bits per heavy atom. The minimum Gasteiger partial charge on any atom is -0.417 e. The average molecular weight is 240 g/mol. The fourth-order valence-corrected chi connectivity index (χ4v) is 1.22. The maximum Gasteiger partial charge on any atom is 0.245 e. The summed E-state index contributed by atoms with van der Waals surface area (Å²) in [5, 5.41) is 9.81. The first-order valence-electron chi connectivity index (χ1n) is 4.59. The Bertz CT molecular complexity index is 498. The molecule has 2 rings (SSSR count). The van der Waals surface area contributed by atoms with Gasteiger partial charge >= 0.3 is 0 Å². The molecule has 0 saturated carbocycles. The van der Waals surface area contributed by atoms with Crippen LogP contribution in [0.5, 0.6) is 11.8 Å². The lowest BCUT2D eigenvalue weighted by molar-refractivity contribution is 0.443. The van der Waals surface area contributed by atoms with Crippen molar-refractivity contribution in [3.63, 3.8) is 0 Å². The average Bonchev–Trinajstić information content (AvgIpc) is 2.67. The lowest BCUT2D eigenvalue weighted by Crippen LogP contribution is -1.98. The van der Waals surface area contributed by atoms with Crippen LogP contribution < -0.4 is 10.1 Å². The number of halogens is 1. The maximum absolute atomic E-state index is 5.89. The van der Waals surface area contributed by atoms with Gasteiger partial charge in [-0.15, -0.1) is 5.10 Å². The molecule has 0 aliphatic heterocycles. The van der Waals surface area contributed by atoms with Gasteiger partial charge in [0, 0.05) is 18.8 Å². The van der Waals surface area contributed by atoms with Gasteiger partial charge in [0.25, 0.3) is 0 Å². The van der Waals surface area contributed by atoms with Gasteiger partial charge < -0.3 is 10.1 Å². The molecule has 2 N–H and O–H groups in total. The van der Waals surface area contributed by atoms with Crippen LogP contribution in [0.1, 0.15) is 5.69 Å². The van der Waals surface area contributed by atoms with E-state index in [1.165, 1.54) is 6.20 Å². The van der Waals surface area contributed by atoms with E-state index < -0.39 is 0 Å². The minimum atomic E-state index is 0.271. The molecule has 0 fully saturated rings. The van der Waals surface area contributed by atoms with E-state index in [0.717, 1.165) is 5.69 Å². The zero-order valence-corrected chi connectivity index (χ0v) is 9.54. The molecule has 0 saturated heterocycles. The third-order valence-corrected chi connectivity index (χ3v) is 2.08. The van der Waals surface area contributed by atoms with Crippen molar-refractivity contribution in [1.82, 2.24) is 20.2 Å². The molecule has 16 heavy (non-hydrogen) atoms. The summed E-state index contributed by atoms with van der Waals surface area (Å²) >= 11 is 5.89. The highest BCUT2D eigenvalue weighted by atomic mass is 35.5. The van der Waals surface area contributed by atoms with Crippen molar-refractivity contribution in [1.29, 1.82) is 0 Å². The number of ether oxygens (including phenoxy) is 1. The van der Waals surface area contributed by atoms with Crippen LogP contribution in [0.15, 0.2) is 12.3 Å². The highest BCUT2D eigenvalue weighted by Crippen LogP contribution is 2.26. The highest BCUT2D eigenvalue weighted by molar-refractivity contribution is 6.31.